The van der Waals surface area contributed by atoms with E-state index in [0.717, 1.165) is 4.70 Å². The van der Waals surface area contributed by atoms with Crippen LogP contribution < -0.4 is 5.32 Å². The second-order valence-electron chi connectivity index (χ2n) is 3.62. The molecule has 2 rings (SSSR count). The van der Waals surface area contributed by atoms with E-state index in [1.165, 1.54) is 18.3 Å². The highest BCUT2D eigenvalue weighted by atomic mass is 32.1. The summed E-state index contributed by atoms with van der Waals surface area (Å²) in [5.74, 6) is 0. The van der Waals surface area contributed by atoms with Gasteiger partial charge < -0.3 is 5.32 Å². The molecule has 0 aliphatic rings. The van der Waals surface area contributed by atoms with Crippen molar-refractivity contribution in [1.82, 2.24) is 4.98 Å². The number of anilines is 1. The highest BCUT2D eigenvalue weighted by Crippen LogP contribution is 2.38. The molecule has 92 valence electrons. The van der Waals surface area contributed by atoms with Gasteiger partial charge >= 0.3 is 6.18 Å². The van der Waals surface area contributed by atoms with Gasteiger partial charge in [0.2, 0.25) is 0 Å². The topological polar surface area (TPSA) is 24.9 Å². The number of nitrogens with zero attached hydrogens (tertiary/aromatic N) is 1. The molecular weight excluding hydrogens is 249 g/mol. The molecule has 0 radical (unpaired) electrons. The first-order valence-corrected chi connectivity index (χ1v) is 6.02. The minimum atomic E-state index is -4.41. The first-order chi connectivity index (χ1) is 7.95. The Morgan fingerprint density at radius 3 is 2.71 bits per heavy atom. The number of hydrogen-bond donors (Lipinski definition) is 1. The summed E-state index contributed by atoms with van der Waals surface area (Å²) in [5, 5.41) is 4.74. The summed E-state index contributed by atoms with van der Waals surface area (Å²) < 4.78 is 39.2. The van der Waals surface area contributed by atoms with E-state index < -0.39 is 11.9 Å². The van der Waals surface area contributed by atoms with Crippen molar-refractivity contribution >= 4 is 27.2 Å². The predicted octanol–water partition coefficient (Wildman–Crippen LogP) is 4.06. The van der Waals surface area contributed by atoms with Gasteiger partial charge in [-0.15, -0.1) is 11.3 Å². The smallest absolute Gasteiger partial charge is 0.384 e. The molecule has 0 atom stereocenters. The molecule has 0 spiro atoms. The zero-order valence-electron chi connectivity index (χ0n) is 9.35. The fourth-order valence-electron chi connectivity index (χ4n) is 1.74. The molecular formula is C11H11F3N2S. The fourth-order valence-corrected chi connectivity index (χ4v) is 2.65. The molecule has 0 aliphatic carbocycles. The van der Waals surface area contributed by atoms with Crippen LogP contribution in [-0.2, 0) is 6.18 Å². The van der Waals surface area contributed by atoms with Gasteiger partial charge in [0.05, 0.1) is 15.9 Å². The van der Waals surface area contributed by atoms with Crippen molar-refractivity contribution in [3.63, 3.8) is 0 Å². The Hall–Kier alpha value is -1.30. The third-order valence-electron chi connectivity index (χ3n) is 2.46. The third kappa shape index (κ3) is 2.09. The van der Waals surface area contributed by atoms with E-state index in [9.17, 15) is 13.2 Å². The molecule has 0 bridgehead atoms. The van der Waals surface area contributed by atoms with Gasteiger partial charge in [-0.2, -0.15) is 13.2 Å². The van der Waals surface area contributed by atoms with Gasteiger partial charge in [0.25, 0.3) is 0 Å². The minimum absolute atomic E-state index is 0.161. The zero-order valence-corrected chi connectivity index (χ0v) is 10.2. The summed E-state index contributed by atoms with van der Waals surface area (Å²) in [4.78, 5) is 3.69. The Morgan fingerprint density at radius 1 is 1.41 bits per heavy atom. The van der Waals surface area contributed by atoms with Gasteiger partial charge in [-0.25, -0.2) is 4.98 Å². The quantitative estimate of drug-likeness (QED) is 0.881. The van der Waals surface area contributed by atoms with Gasteiger partial charge in [-0.1, -0.05) is 0 Å². The maximum absolute atomic E-state index is 12.8. The van der Waals surface area contributed by atoms with Crippen molar-refractivity contribution in [2.24, 2.45) is 0 Å². The van der Waals surface area contributed by atoms with Crippen LogP contribution in [0.5, 0.6) is 0 Å². The number of nitrogens with one attached hydrogen (secondary N) is 1. The number of aromatic nitrogens is 1. The van der Waals surface area contributed by atoms with Gasteiger partial charge in [0, 0.05) is 12.1 Å². The van der Waals surface area contributed by atoms with Crippen LogP contribution in [0.15, 0.2) is 11.4 Å². The number of hydrogen-bond acceptors (Lipinski definition) is 3. The maximum Gasteiger partial charge on any atom is 0.433 e. The first kappa shape index (κ1) is 12.2. The van der Waals surface area contributed by atoms with Crippen LogP contribution in [0.2, 0.25) is 0 Å². The number of thiophene rings is 1. The normalized spacial score (nSPS) is 12.1. The summed E-state index contributed by atoms with van der Waals surface area (Å²) >= 11 is 1.40. The van der Waals surface area contributed by atoms with E-state index in [1.54, 1.807) is 11.4 Å². The molecule has 6 heteroatoms. The van der Waals surface area contributed by atoms with Crippen LogP contribution in [0.25, 0.3) is 10.2 Å². The highest BCUT2D eigenvalue weighted by molar-refractivity contribution is 7.17. The van der Waals surface area contributed by atoms with Crippen molar-refractivity contribution in [2.45, 2.75) is 20.0 Å². The summed E-state index contributed by atoms with van der Waals surface area (Å²) in [6, 6.07) is 1.61. The maximum atomic E-state index is 12.8. The largest absolute Gasteiger partial charge is 0.433 e. The summed E-state index contributed by atoms with van der Waals surface area (Å²) in [5.41, 5.74) is 0.289. The van der Waals surface area contributed by atoms with Crippen LogP contribution in [0.3, 0.4) is 0 Å². The molecule has 2 heterocycles. The van der Waals surface area contributed by atoms with E-state index in [2.05, 4.69) is 10.3 Å². The van der Waals surface area contributed by atoms with Gasteiger partial charge in [-0.05, 0) is 25.3 Å². The number of halogens is 3. The van der Waals surface area contributed by atoms with E-state index in [-0.39, 0.29) is 5.56 Å². The zero-order chi connectivity index (χ0) is 12.6. The summed E-state index contributed by atoms with van der Waals surface area (Å²) in [6.07, 6.45) is -4.41. The molecule has 17 heavy (non-hydrogen) atoms. The van der Waals surface area contributed by atoms with E-state index in [1.807, 2.05) is 6.92 Å². The molecule has 2 aromatic heterocycles. The Kier molecular flexibility index (Phi) is 2.99. The Balaban J connectivity index is 2.74. The van der Waals surface area contributed by atoms with Gasteiger partial charge in [0.15, 0.2) is 0 Å². The lowest BCUT2D eigenvalue weighted by molar-refractivity contribution is -0.141. The van der Waals surface area contributed by atoms with E-state index in [4.69, 9.17) is 0 Å². The van der Waals surface area contributed by atoms with Crippen LogP contribution in [0.1, 0.15) is 18.2 Å². The molecule has 0 fully saturated rings. The lowest BCUT2D eigenvalue weighted by atomic mass is 10.1. The number of pyridine rings is 1. The van der Waals surface area contributed by atoms with Crippen molar-refractivity contribution in [3.8, 4) is 0 Å². The molecule has 1 N–H and O–H groups in total. The second kappa shape index (κ2) is 4.18. The summed E-state index contributed by atoms with van der Waals surface area (Å²) in [7, 11) is 0. The number of fused-ring (bicyclic) bond motifs is 1. The molecule has 0 aromatic carbocycles. The van der Waals surface area contributed by atoms with Crippen molar-refractivity contribution < 1.29 is 13.2 Å². The second-order valence-corrected chi connectivity index (χ2v) is 4.54. The lowest BCUT2D eigenvalue weighted by Gasteiger charge is -2.14. The number of alkyl halides is 3. The lowest BCUT2D eigenvalue weighted by Crippen LogP contribution is -2.13. The van der Waals surface area contributed by atoms with Gasteiger partial charge in [-0.3, -0.25) is 0 Å². The molecule has 0 saturated carbocycles. The average Bonchev–Trinajstić information content (AvgIpc) is 2.68. The van der Waals surface area contributed by atoms with E-state index in [0.29, 0.717) is 17.7 Å². The molecule has 2 nitrogen and oxygen atoms in total. The standard InChI is InChI=1S/C11H11F3N2S/c1-3-15-8-6(2)10(11(12,13)14)16-7-4-5-17-9(7)8/h4-5H,3H2,1-2H3,(H,15,16). The predicted molar refractivity (Wildman–Crippen MR) is 63.5 cm³/mol. The van der Waals surface area contributed by atoms with Crippen LogP contribution in [-0.4, -0.2) is 11.5 Å². The summed E-state index contributed by atoms with van der Waals surface area (Å²) in [6.45, 7) is 3.88. The molecule has 0 unspecified atom stereocenters. The number of rotatable bonds is 2. The SMILES string of the molecule is CCNc1c(C)c(C(F)(F)F)nc2ccsc12. The highest BCUT2D eigenvalue weighted by Gasteiger charge is 2.36. The fraction of sp³-hybridized carbons (Fsp3) is 0.364. The van der Waals surface area contributed by atoms with Crippen molar-refractivity contribution in [2.75, 3.05) is 11.9 Å². The van der Waals surface area contributed by atoms with Gasteiger partial charge in [0.1, 0.15) is 5.69 Å². The minimum Gasteiger partial charge on any atom is -0.384 e. The molecule has 2 aromatic rings. The first-order valence-electron chi connectivity index (χ1n) is 5.14. The van der Waals surface area contributed by atoms with Crippen molar-refractivity contribution in [1.29, 1.82) is 0 Å². The average molecular weight is 260 g/mol. The Labute approximate surface area is 100 Å². The Bertz CT molecular complexity index is 545. The monoisotopic (exact) mass is 260 g/mol. The van der Waals surface area contributed by atoms with Crippen LogP contribution in [0, 0.1) is 6.92 Å². The van der Waals surface area contributed by atoms with E-state index >= 15 is 0 Å². The third-order valence-corrected chi connectivity index (χ3v) is 3.38. The molecule has 0 aliphatic heterocycles. The van der Waals surface area contributed by atoms with Crippen LogP contribution in [0.4, 0.5) is 18.9 Å². The Morgan fingerprint density at radius 2 is 2.12 bits per heavy atom. The van der Waals surface area contributed by atoms with Crippen LogP contribution >= 0.6 is 11.3 Å². The van der Waals surface area contributed by atoms with Crippen molar-refractivity contribution in [3.05, 3.63) is 22.7 Å². The molecule has 0 saturated heterocycles. The molecule has 0 amide bonds.